The average molecular weight is 749 g/mol. The van der Waals surface area contributed by atoms with E-state index < -0.39 is 11.2 Å². The molecule has 6 nitrogen and oxygen atoms in total. The van der Waals surface area contributed by atoms with Gasteiger partial charge in [0.05, 0.1) is 23.9 Å². The minimum Gasteiger partial charge on any atom is -0.462 e. The number of epoxide rings is 1. The van der Waals surface area contributed by atoms with Crippen LogP contribution in [0.5, 0.6) is 0 Å². The number of ketones is 1. The van der Waals surface area contributed by atoms with Gasteiger partial charge >= 0.3 is 5.97 Å². The largest absolute Gasteiger partial charge is 0.462 e. The molecule has 4 unspecified atom stereocenters. The topological polar surface area (TPSA) is 85.4 Å². The molecule has 3 aliphatic rings. The number of fused-ring (bicyclic) bond motifs is 1. The van der Waals surface area contributed by atoms with Gasteiger partial charge in [0.2, 0.25) is 0 Å². The third-order valence-electron chi connectivity index (χ3n) is 11.4. The maximum absolute atomic E-state index is 13.4. The maximum Gasteiger partial charge on any atom is 0.302 e. The fraction of sp³-hybridized carbons (Fsp3) is 0.490. The Morgan fingerprint density at radius 2 is 1.38 bits per heavy atom. The zero-order chi connectivity index (χ0) is 40.7. The molecule has 2 aliphatic carbocycles. The number of rotatable bonds is 14. The highest BCUT2D eigenvalue weighted by atomic mass is 16.6. The first kappa shape index (κ1) is 43.7. The Bertz CT molecular complexity index is 1830. The molecule has 3 fully saturated rings. The molecule has 1 N–H and O–H groups in total. The molecule has 0 amide bonds. The fourth-order valence-electron chi connectivity index (χ4n) is 8.63. The van der Waals surface area contributed by atoms with Gasteiger partial charge in [-0.2, -0.15) is 0 Å². The summed E-state index contributed by atoms with van der Waals surface area (Å²) in [6.07, 6.45) is 24.7. The van der Waals surface area contributed by atoms with Crippen LogP contribution in [-0.2, 0) is 30.4 Å². The van der Waals surface area contributed by atoms with E-state index in [4.69, 9.17) is 14.2 Å². The van der Waals surface area contributed by atoms with E-state index in [1.54, 1.807) is 6.92 Å². The van der Waals surface area contributed by atoms with Gasteiger partial charge in [-0.25, -0.2) is 0 Å². The predicted octanol–water partition coefficient (Wildman–Crippen LogP) is 10.9. The summed E-state index contributed by atoms with van der Waals surface area (Å²) in [5, 5.41) is 11.2. The van der Waals surface area contributed by atoms with Crippen LogP contribution in [0.4, 0.5) is 0 Å². The van der Waals surface area contributed by atoms with Gasteiger partial charge in [-0.3, -0.25) is 9.59 Å². The van der Waals surface area contributed by atoms with E-state index in [1.807, 2.05) is 113 Å². The average Bonchev–Trinajstić information content (AvgIpc) is 3.69. The van der Waals surface area contributed by atoms with Crippen molar-refractivity contribution in [2.45, 2.75) is 144 Å². The summed E-state index contributed by atoms with van der Waals surface area (Å²) in [4.78, 5) is 24.9. The van der Waals surface area contributed by atoms with Crippen LogP contribution in [0.15, 0.2) is 131 Å². The van der Waals surface area contributed by atoms with Gasteiger partial charge in [-0.05, 0) is 88.0 Å². The van der Waals surface area contributed by atoms with Crippen molar-refractivity contribution in [2.24, 2.45) is 10.8 Å². The summed E-state index contributed by atoms with van der Waals surface area (Å²) >= 11 is 0. The van der Waals surface area contributed by atoms with Crippen LogP contribution in [0, 0.1) is 10.8 Å². The second-order valence-corrected chi connectivity index (χ2v) is 17.6. The normalized spacial score (nSPS) is 29.7. The Morgan fingerprint density at radius 1 is 0.782 bits per heavy atom. The molecule has 296 valence electrons. The zero-order valence-electron chi connectivity index (χ0n) is 35.1. The number of ether oxygens (including phenoxy) is 3. The van der Waals surface area contributed by atoms with Gasteiger partial charge in [0.25, 0.3) is 0 Å². The van der Waals surface area contributed by atoms with Crippen molar-refractivity contribution in [1.29, 1.82) is 0 Å². The van der Waals surface area contributed by atoms with E-state index in [9.17, 15) is 14.7 Å². The number of benzene rings is 1. The Labute approximate surface area is 330 Å². The number of allylic oxidation sites excluding steroid dienone is 14. The quantitative estimate of drug-likeness (QED) is 0.0670. The van der Waals surface area contributed by atoms with Gasteiger partial charge in [0, 0.05) is 31.8 Å². The lowest BCUT2D eigenvalue weighted by molar-refractivity contribution is -0.152. The van der Waals surface area contributed by atoms with Crippen molar-refractivity contribution in [3.8, 4) is 0 Å². The van der Waals surface area contributed by atoms with E-state index in [0.29, 0.717) is 25.9 Å². The molecule has 1 aromatic rings. The number of Topliss-reactive ketones (excluding diaryl/α,β-unsaturated/α-hetero) is 1. The minimum atomic E-state index is -1.11. The van der Waals surface area contributed by atoms with E-state index in [-0.39, 0.29) is 40.4 Å². The van der Waals surface area contributed by atoms with Crippen LogP contribution in [0.3, 0.4) is 0 Å². The summed E-state index contributed by atoms with van der Waals surface area (Å²) in [6, 6.07) is 10.3. The van der Waals surface area contributed by atoms with Crippen LogP contribution in [0.25, 0.3) is 0 Å². The van der Waals surface area contributed by atoms with Gasteiger partial charge in [-0.15, -0.1) is 5.73 Å². The van der Waals surface area contributed by atoms with Gasteiger partial charge in [-0.1, -0.05) is 130 Å². The molecular formula is C49H64O6. The Kier molecular flexibility index (Phi) is 14.1. The molecule has 0 spiro atoms. The second-order valence-electron chi connectivity index (χ2n) is 17.6. The molecule has 0 bridgehead atoms. The Morgan fingerprint density at radius 3 is 1.96 bits per heavy atom. The van der Waals surface area contributed by atoms with Crippen LogP contribution >= 0.6 is 0 Å². The van der Waals surface area contributed by atoms with Crippen molar-refractivity contribution < 1.29 is 28.9 Å². The van der Waals surface area contributed by atoms with E-state index in [0.717, 1.165) is 40.7 Å². The maximum atomic E-state index is 13.4. The number of carbonyl (C=O) groups excluding carboxylic acids is 2. The number of esters is 1. The summed E-state index contributed by atoms with van der Waals surface area (Å²) in [5.74, 6) is -0.204. The van der Waals surface area contributed by atoms with Crippen LogP contribution in [0.1, 0.15) is 114 Å². The Balaban J connectivity index is 1.27. The molecule has 1 heterocycles. The molecule has 1 aliphatic heterocycles. The van der Waals surface area contributed by atoms with Crippen molar-refractivity contribution >= 4 is 11.8 Å². The third-order valence-corrected chi connectivity index (χ3v) is 11.4. The standard InChI is InChI=1S/C49H64O6/c1-35(21-17-22-37(3)27-28-44-45(6,7)29-42(54-39(5)50)31-47(44,10)52)19-15-16-20-36(2)23-18-24-38(4)43(51)33-49-46(8,9)30-41(32-48(49,11)55-49)53-34-40-25-13-12-14-26-40/h12-27,41-42,52H,29-34H2,1-11H3/b16-15+,21-17+,23-18+,35-19+,36-20+,37-22+,38-24+/t28?,41?,42?,47-,48?,49?/m1/s1. The number of carbonyl (C=O) groups is 2. The predicted molar refractivity (Wildman–Crippen MR) is 223 cm³/mol. The molecular weight excluding hydrogens is 685 g/mol. The van der Waals surface area contributed by atoms with Crippen LogP contribution < -0.4 is 0 Å². The summed E-state index contributed by atoms with van der Waals surface area (Å²) in [5.41, 5.74) is 6.76. The molecule has 2 saturated carbocycles. The highest BCUT2D eigenvalue weighted by molar-refractivity contribution is 5.96. The lowest BCUT2D eigenvalue weighted by Crippen LogP contribution is -2.49. The molecule has 0 aromatic heterocycles. The fourth-order valence-corrected chi connectivity index (χ4v) is 8.63. The smallest absolute Gasteiger partial charge is 0.302 e. The minimum absolute atomic E-state index is 0.0933. The van der Waals surface area contributed by atoms with E-state index in [2.05, 4.69) is 52.5 Å². The number of hydrogen-bond acceptors (Lipinski definition) is 6. The first-order valence-corrected chi connectivity index (χ1v) is 19.7. The van der Waals surface area contributed by atoms with Gasteiger partial charge < -0.3 is 19.3 Å². The van der Waals surface area contributed by atoms with Gasteiger partial charge in [0.15, 0.2) is 5.78 Å². The molecule has 1 saturated heterocycles. The third kappa shape index (κ3) is 11.5. The lowest BCUT2D eigenvalue weighted by Gasteiger charge is -2.44. The molecule has 4 rings (SSSR count). The van der Waals surface area contributed by atoms with Crippen molar-refractivity contribution in [3.63, 3.8) is 0 Å². The van der Waals surface area contributed by atoms with Crippen molar-refractivity contribution in [1.82, 2.24) is 0 Å². The van der Waals surface area contributed by atoms with Crippen molar-refractivity contribution in [3.05, 3.63) is 136 Å². The monoisotopic (exact) mass is 748 g/mol. The van der Waals surface area contributed by atoms with Crippen LogP contribution in [-0.4, -0.2) is 45.9 Å². The van der Waals surface area contributed by atoms with Gasteiger partial charge in [0.1, 0.15) is 11.7 Å². The first-order chi connectivity index (χ1) is 25.7. The SMILES string of the molecule is CC(=O)OC1CC(C)(C)C(=C=C/C(C)=C/C=C/C(C)=C/C=C/C=C(C)/C=C/C=C(\C)C(=O)CC23OC2(C)CC(OCc2ccccc2)CC3(C)C)[C@](C)(O)C1. The molecule has 1 aromatic carbocycles. The number of aliphatic hydroxyl groups is 1. The van der Waals surface area contributed by atoms with E-state index in [1.165, 1.54) is 12.5 Å². The Hall–Kier alpha value is -4.06. The highest BCUT2D eigenvalue weighted by Crippen LogP contribution is 2.67. The molecule has 0 radical (unpaired) electrons. The highest BCUT2D eigenvalue weighted by Gasteiger charge is 2.76. The first-order valence-electron chi connectivity index (χ1n) is 19.7. The van der Waals surface area contributed by atoms with Crippen LogP contribution in [0.2, 0.25) is 0 Å². The molecule has 5 atom stereocenters. The zero-order valence-corrected chi connectivity index (χ0v) is 35.1. The molecule has 6 heteroatoms. The summed E-state index contributed by atoms with van der Waals surface area (Å²) in [6.45, 7) is 22.4. The molecule has 55 heavy (non-hydrogen) atoms. The number of hydrogen-bond donors (Lipinski definition) is 1. The summed E-state index contributed by atoms with van der Waals surface area (Å²) in [7, 11) is 0. The van der Waals surface area contributed by atoms with Crippen molar-refractivity contribution in [2.75, 3.05) is 0 Å². The van der Waals surface area contributed by atoms with E-state index >= 15 is 0 Å². The lowest BCUT2D eigenvalue weighted by atomic mass is 9.61. The second kappa shape index (κ2) is 17.8. The summed E-state index contributed by atoms with van der Waals surface area (Å²) < 4.78 is 18.2.